The Morgan fingerprint density at radius 1 is 1.21 bits per heavy atom. The van der Waals surface area contributed by atoms with Crippen molar-refractivity contribution in [1.29, 1.82) is 0 Å². The van der Waals surface area contributed by atoms with Gasteiger partial charge in [-0.05, 0) is 31.3 Å². The maximum Gasteiger partial charge on any atom is 0.339 e. The number of ketones is 2. The van der Waals surface area contributed by atoms with Crippen LogP contribution in [0.3, 0.4) is 0 Å². The Labute approximate surface area is 140 Å². The third-order valence-electron chi connectivity index (χ3n) is 7.74. The number of rotatable bonds is 0. The second-order valence-corrected chi connectivity index (χ2v) is 8.95. The molecule has 3 saturated carbocycles. The van der Waals surface area contributed by atoms with E-state index in [1.54, 1.807) is 6.08 Å². The molecule has 128 valence electrons. The average Bonchev–Trinajstić information content (AvgIpc) is 2.76. The molecule has 2 heterocycles. The summed E-state index contributed by atoms with van der Waals surface area (Å²) < 4.78 is 12.0. The molecule has 6 rings (SSSR count). The third kappa shape index (κ3) is 1.15. The van der Waals surface area contributed by atoms with E-state index in [1.807, 2.05) is 26.8 Å². The van der Waals surface area contributed by atoms with E-state index in [2.05, 4.69) is 0 Å². The van der Waals surface area contributed by atoms with Crippen LogP contribution in [0.4, 0.5) is 0 Å². The van der Waals surface area contributed by atoms with Gasteiger partial charge in [0.2, 0.25) is 0 Å². The Morgan fingerprint density at radius 2 is 1.96 bits per heavy atom. The summed E-state index contributed by atoms with van der Waals surface area (Å²) in [7, 11) is 0. The van der Waals surface area contributed by atoms with Gasteiger partial charge in [0.1, 0.15) is 17.8 Å². The summed E-state index contributed by atoms with van der Waals surface area (Å²) in [6.07, 6.45) is 4.88. The van der Waals surface area contributed by atoms with Crippen molar-refractivity contribution >= 4 is 17.5 Å². The largest absolute Gasteiger partial charge is 0.462 e. The summed E-state index contributed by atoms with van der Waals surface area (Å²) in [5.74, 6) is -0.492. The van der Waals surface area contributed by atoms with Gasteiger partial charge in [0.25, 0.3) is 0 Å². The van der Waals surface area contributed by atoms with Crippen LogP contribution in [-0.4, -0.2) is 35.8 Å². The molecule has 5 fully saturated rings. The summed E-state index contributed by atoms with van der Waals surface area (Å²) >= 11 is 0. The fraction of sp³-hybridized carbons (Fsp3) is 0.737. The molecule has 1 unspecified atom stereocenters. The summed E-state index contributed by atoms with van der Waals surface area (Å²) in [4.78, 5) is 39.5. The molecule has 0 amide bonds. The number of allylic oxidation sites excluding steroid dienone is 1. The van der Waals surface area contributed by atoms with Crippen LogP contribution in [0.25, 0.3) is 0 Å². The van der Waals surface area contributed by atoms with Crippen LogP contribution >= 0.6 is 0 Å². The topological polar surface area (TPSA) is 69.7 Å². The molecule has 2 saturated heterocycles. The van der Waals surface area contributed by atoms with Gasteiger partial charge >= 0.3 is 5.97 Å². The normalized spacial score (nSPS) is 53.6. The van der Waals surface area contributed by atoms with Crippen molar-refractivity contribution in [3.8, 4) is 0 Å². The molecule has 0 N–H and O–H groups in total. The standard InChI is InChI=1S/C19H22O5/c1-10-11-4-7-18(13(10)21)17-9-23-15(22)19(18,8-11)24-14(17)16(2,3)6-5-12(17)20/h5-6,10-11,14H,4,7-9H2,1-3H3/t10-,11+,14+,17+,18+,19?/m0/s1. The van der Waals surface area contributed by atoms with Gasteiger partial charge in [-0.1, -0.05) is 26.8 Å². The smallest absolute Gasteiger partial charge is 0.339 e. The Hall–Kier alpha value is -1.49. The second-order valence-electron chi connectivity index (χ2n) is 8.95. The van der Waals surface area contributed by atoms with E-state index in [4.69, 9.17) is 9.47 Å². The number of cyclic esters (lactones) is 1. The van der Waals surface area contributed by atoms with Gasteiger partial charge in [-0.15, -0.1) is 0 Å². The van der Waals surface area contributed by atoms with E-state index >= 15 is 0 Å². The zero-order chi connectivity index (χ0) is 17.1. The van der Waals surface area contributed by atoms with Crippen molar-refractivity contribution in [3.05, 3.63) is 12.2 Å². The molecule has 0 aromatic heterocycles. The molecule has 2 aliphatic heterocycles. The quantitative estimate of drug-likeness (QED) is 0.634. The van der Waals surface area contributed by atoms with Gasteiger partial charge in [0, 0.05) is 11.3 Å². The van der Waals surface area contributed by atoms with Crippen LogP contribution < -0.4 is 0 Å². The lowest BCUT2D eigenvalue weighted by molar-refractivity contribution is -0.222. The molecule has 2 spiro atoms. The number of ether oxygens (including phenoxy) is 2. The van der Waals surface area contributed by atoms with E-state index < -0.39 is 33.9 Å². The first-order valence-corrected chi connectivity index (χ1v) is 8.86. The van der Waals surface area contributed by atoms with E-state index in [1.165, 1.54) is 0 Å². The minimum atomic E-state index is -1.26. The van der Waals surface area contributed by atoms with Crippen LogP contribution in [-0.2, 0) is 23.9 Å². The van der Waals surface area contributed by atoms with Gasteiger partial charge in [0.15, 0.2) is 11.4 Å². The highest BCUT2D eigenvalue weighted by atomic mass is 16.6. The highest BCUT2D eigenvalue weighted by Crippen LogP contribution is 2.75. The maximum atomic E-state index is 13.5. The van der Waals surface area contributed by atoms with Crippen LogP contribution in [0.1, 0.15) is 40.0 Å². The molecule has 6 aliphatic rings. The summed E-state index contributed by atoms with van der Waals surface area (Å²) in [5.41, 5.74) is -3.80. The van der Waals surface area contributed by atoms with Crippen LogP contribution in [0.2, 0.25) is 0 Å². The van der Waals surface area contributed by atoms with Gasteiger partial charge in [-0.2, -0.15) is 0 Å². The van der Waals surface area contributed by atoms with Gasteiger partial charge in [-0.3, -0.25) is 9.59 Å². The lowest BCUT2D eigenvalue weighted by Gasteiger charge is -2.61. The molecule has 4 aliphatic carbocycles. The average molecular weight is 330 g/mol. The second kappa shape index (κ2) is 3.85. The van der Waals surface area contributed by atoms with Crippen LogP contribution in [0.5, 0.6) is 0 Å². The molecule has 5 nitrogen and oxygen atoms in total. The van der Waals surface area contributed by atoms with Crippen LogP contribution in [0, 0.1) is 28.1 Å². The minimum absolute atomic E-state index is 0.0338. The molecular weight excluding hydrogens is 308 g/mol. The van der Waals surface area contributed by atoms with E-state index in [-0.39, 0.29) is 30.0 Å². The SMILES string of the molecule is C[C@@H]1C(=O)[C@@]23CC[C@@H]1CC21O[C@@H]2C(C)(C)C=CC(=O)[C@]23COC1=O. The first kappa shape index (κ1) is 14.8. The van der Waals surface area contributed by atoms with Gasteiger partial charge in [0.05, 0.1) is 11.5 Å². The lowest BCUT2D eigenvalue weighted by Crippen LogP contribution is -2.75. The van der Waals surface area contributed by atoms with E-state index in [0.717, 1.165) is 6.42 Å². The highest BCUT2D eigenvalue weighted by molar-refractivity contribution is 6.09. The summed E-state index contributed by atoms with van der Waals surface area (Å²) in [5, 5.41) is 0. The fourth-order valence-corrected chi connectivity index (χ4v) is 6.60. The molecule has 5 heteroatoms. The number of fused-ring (bicyclic) bond motifs is 2. The number of esters is 1. The van der Waals surface area contributed by atoms with Crippen molar-refractivity contribution in [2.24, 2.45) is 28.1 Å². The summed E-state index contributed by atoms with van der Waals surface area (Å²) in [6, 6.07) is 0. The number of hydrogen-bond acceptors (Lipinski definition) is 5. The van der Waals surface area contributed by atoms with Gasteiger partial charge in [-0.25, -0.2) is 4.79 Å². The molecule has 4 bridgehead atoms. The molecule has 6 atom stereocenters. The first-order chi connectivity index (χ1) is 11.2. The molecule has 0 aromatic carbocycles. The lowest BCUT2D eigenvalue weighted by atomic mass is 9.38. The summed E-state index contributed by atoms with van der Waals surface area (Å²) in [6.45, 7) is 5.92. The highest BCUT2D eigenvalue weighted by Gasteiger charge is 2.88. The van der Waals surface area contributed by atoms with Crippen molar-refractivity contribution in [2.45, 2.75) is 51.7 Å². The Morgan fingerprint density at radius 3 is 2.71 bits per heavy atom. The molecule has 0 aromatic rings. The van der Waals surface area contributed by atoms with E-state index in [9.17, 15) is 14.4 Å². The molecule has 24 heavy (non-hydrogen) atoms. The predicted octanol–water partition coefficient (Wildman–Crippen LogP) is 1.84. The van der Waals surface area contributed by atoms with Crippen molar-refractivity contribution in [1.82, 2.24) is 0 Å². The number of carbonyl (C=O) groups is 3. The minimum Gasteiger partial charge on any atom is -0.462 e. The van der Waals surface area contributed by atoms with Crippen molar-refractivity contribution in [3.63, 3.8) is 0 Å². The van der Waals surface area contributed by atoms with Crippen LogP contribution in [0.15, 0.2) is 12.2 Å². The Bertz CT molecular complexity index is 736. The Balaban J connectivity index is 1.87. The third-order valence-corrected chi connectivity index (χ3v) is 7.74. The first-order valence-electron chi connectivity index (χ1n) is 8.86. The fourth-order valence-electron chi connectivity index (χ4n) is 6.60. The predicted molar refractivity (Wildman–Crippen MR) is 82.9 cm³/mol. The van der Waals surface area contributed by atoms with E-state index in [0.29, 0.717) is 12.8 Å². The zero-order valence-electron chi connectivity index (χ0n) is 14.3. The zero-order valence-corrected chi connectivity index (χ0v) is 14.3. The van der Waals surface area contributed by atoms with Gasteiger partial charge < -0.3 is 9.47 Å². The Kier molecular flexibility index (Phi) is 2.37. The van der Waals surface area contributed by atoms with Crippen molar-refractivity contribution in [2.75, 3.05) is 6.61 Å². The molecular formula is C19H22O5. The number of hydrogen-bond donors (Lipinski definition) is 0. The number of carbonyl (C=O) groups excluding carboxylic acids is 3. The monoisotopic (exact) mass is 330 g/mol. The molecule has 0 radical (unpaired) electrons. The maximum absolute atomic E-state index is 13.5. The van der Waals surface area contributed by atoms with Crippen molar-refractivity contribution < 1.29 is 23.9 Å². The number of Topliss-reactive ketones (excluding diaryl/α,β-unsaturated/α-hetero) is 1.